The van der Waals surface area contributed by atoms with Gasteiger partial charge in [0, 0.05) is 45.0 Å². The van der Waals surface area contributed by atoms with Crippen LogP contribution < -0.4 is 5.32 Å². The first-order valence-corrected chi connectivity index (χ1v) is 9.72. The van der Waals surface area contributed by atoms with Gasteiger partial charge in [0.1, 0.15) is 0 Å². The highest BCUT2D eigenvalue weighted by Gasteiger charge is 2.25. The van der Waals surface area contributed by atoms with E-state index in [0.29, 0.717) is 6.10 Å². The van der Waals surface area contributed by atoms with E-state index in [1.54, 1.807) is 0 Å². The van der Waals surface area contributed by atoms with Gasteiger partial charge in [0.05, 0.1) is 6.10 Å². The summed E-state index contributed by atoms with van der Waals surface area (Å²) in [5.41, 5.74) is 3.44. The number of nitrogens with zero attached hydrogens (tertiary/aromatic N) is 2. The molecule has 2 fully saturated rings. The Bertz CT molecular complexity index is 554. The summed E-state index contributed by atoms with van der Waals surface area (Å²) < 4.78 is 5.73. The van der Waals surface area contributed by atoms with Crippen LogP contribution in [0.4, 0.5) is 10.5 Å². The monoisotopic (exact) mass is 345 g/mol. The minimum atomic E-state index is 0.0346. The Morgan fingerprint density at radius 3 is 2.40 bits per heavy atom. The molecule has 1 aromatic rings. The molecule has 2 amide bonds. The fraction of sp³-hybridized carbons (Fsp3) is 0.650. The number of nitrogens with one attached hydrogen (secondary N) is 1. The second-order valence-corrected chi connectivity index (χ2v) is 7.01. The van der Waals surface area contributed by atoms with Gasteiger partial charge in [-0.1, -0.05) is 32.0 Å². The minimum Gasteiger partial charge on any atom is -0.377 e. The van der Waals surface area contributed by atoms with E-state index in [4.69, 9.17) is 4.74 Å². The normalized spacial score (nSPS) is 21.5. The Kier molecular flexibility index (Phi) is 6.32. The van der Waals surface area contributed by atoms with E-state index >= 15 is 0 Å². The fourth-order valence-corrected chi connectivity index (χ4v) is 3.80. The van der Waals surface area contributed by atoms with Crippen LogP contribution in [-0.4, -0.2) is 61.3 Å². The average Bonchev–Trinajstić information content (AvgIpc) is 3.15. The molecule has 0 spiro atoms. The van der Waals surface area contributed by atoms with Crippen molar-refractivity contribution in [2.24, 2.45) is 0 Å². The summed E-state index contributed by atoms with van der Waals surface area (Å²) in [6, 6.07) is 6.33. The Balaban J connectivity index is 1.54. The number of hydrogen-bond donors (Lipinski definition) is 1. The van der Waals surface area contributed by atoms with Crippen LogP contribution in [0.2, 0.25) is 0 Å². The number of carbonyl (C=O) groups is 1. The lowest BCUT2D eigenvalue weighted by Gasteiger charge is -2.35. The van der Waals surface area contributed by atoms with Gasteiger partial charge in [0.25, 0.3) is 0 Å². The largest absolute Gasteiger partial charge is 0.377 e. The topological polar surface area (TPSA) is 44.8 Å². The van der Waals surface area contributed by atoms with Crippen molar-refractivity contribution >= 4 is 11.7 Å². The predicted octanol–water partition coefficient (Wildman–Crippen LogP) is 3.14. The van der Waals surface area contributed by atoms with E-state index in [1.807, 2.05) is 4.90 Å². The zero-order chi connectivity index (χ0) is 17.6. The number of rotatable bonds is 5. The van der Waals surface area contributed by atoms with Crippen LogP contribution in [-0.2, 0) is 17.6 Å². The number of aryl methyl sites for hydroxylation is 2. The molecule has 0 bridgehead atoms. The van der Waals surface area contributed by atoms with E-state index in [1.165, 1.54) is 24.0 Å². The highest BCUT2D eigenvalue weighted by Crippen LogP contribution is 2.23. The molecule has 2 heterocycles. The third kappa shape index (κ3) is 4.53. The van der Waals surface area contributed by atoms with Gasteiger partial charge in [-0.05, 0) is 36.8 Å². The first-order chi connectivity index (χ1) is 12.2. The van der Waals surface area contributed by atoms with Crippen molar-refractivity contribution in [3.05, 3.63) is 29.3 Å². The summed E-state index contributed by atoms with van der Waals surface area (Å²) in [6.07, 6.45) is 4.61. The molecule has 1 aromatic carbocycles. The Hall–Kier alpha value is -1.59. The predicted molar refractivity (Wildman–Crippen MR) is 101 cm³/mol. The van der Waals surface area contributed by atoms with Gasteiger partial charge >= 0.3 is 6.03 Å². The molecule has 0 aliphatic carbocycles. The van der Waals surface area contributed by atoms with Gasteiger partial charge in [-0.15, -0.1) is 0 Å². The van der Waals surface area contributed by atoms with Crippen LogP contribution in [0.5, 0.6) is 0 Å². The maximum atomic E-state index is 12.7. The van der Waals surface area contributed by atoms with Crippen molar-refractivity contribution in [2.75, 3.05) is 44.6 Å². The molecule has 2 saturated heterocycles. The van der Waals surface area contributed by atoms with Crippen molar-refractivity contribution in [1.82, 2.24) is 9.80 Å². The van der Waals surface area contributed by atoms with Crippen molar-refractivity contribution in [3.63, 3.8) is 0 Å². The molecular weight excluding hydrogens is 314 g/mol. The molecule has 0 saturated carbocycles. The quantitative estimate of drug-likeness (QED) is 0.892. The first kappa shape index (κ1) is 18.2. The maximum absolute atomic E-state index is 12.7. The van der Waals surface area contributed by atoms with Crippen LogP contribution >= 0.6 is 0 Å². The third-order valence-corrected chi connectivity index (χ3v) is 5.38. The second kappa shape index (κ2) is 8.68. The number of urea groups is 1. The number of benzene rings is 1. The van der Waals surface area contributed by atoms with E-state index in [0.717, 1.165) is 57.9 Å². The van der Waals surface area contributed by atoms with Crippen LogP contribution in [0.15, 0.2) is 18.2 Å². The van der Waals surface area contributed by atoms with Gasteiger partial charge in [-0.25, -0.2) is 4.79 Å². The van der Waals surface area contributed by atoms with Crippen molar-refractivity contribution in [3.8, 4) is 0 Å². The molecule has 0 radical (unpaired) electrons. The summed E-state index contributed by atoms with van der Waals surface area (Å²) in [5, 5.41) is 3.18. The Morgan fingerprint density at radius 1 is 1.16 bits per heavy atom. The molecule has 5 nitrogen and oxygen atoms in total. The molecule has 1 N–H and O–H groups in total. The van der Waals surface area contributed by atoms with Gasteiger partial charge in [0.2, 0.25) is 0 Å². The summed E-state index contributed by atoms with van der Waals surface area (Å²) >= 11 is 0. The maximum Gasteiger partial charge on any atom is 0.321 e. The Morgan fingerprint density at radius 2 is 1.84 bits per heavy atom. The van der Waals surface area contributed by atoms with E-state index in [9.17, 15) is 4.79 Å². The van der Waals surface area contributed by atoms with Crippen LogP contribution in [0.1, 0.15) is 37.8 Å². The number of carbonyl (C=O) groups excluding carboxylic acids is 1. The molecule has 0 aromatic heterocycles. The van der Waals surface area contributed by atoms with Gasteiger partial charge in [0.15, 0.2) is 0 Å². The lowest BCUT2D eigenvalue weighted by Crippen LogP contribution is -2.51. The molecule has 25 heavy (non-hydrogen) atoms. The zero-order valence-corrected chi connectivity index (χ0v) is 15.6. The number of hydrogen-bond acceptors (Lipinski definition) is 3. The first-order valence-electron chi connectivity index (χ1n) is 9.72. The van der Waals surface area contributed by atoms with Crippen molar-refractivity contribution < 1.29 is 9.53 Å². The number of piperazine rings is 1. The summed E-state index contributed by atoms with van der Waals surface area (Å²) in [6.45, 7) is 9.62. The SMILES string of the molecule is CCc1cccc(CC)c1NC(=O)N1CCN(CC2CCCO2)CC1. The smallest absolute Gasteiger partial charge is 0.321 e. The van der Waals surface area contributed by atoms with Gasteiger partial charge in [-0.2, -0.15) is 0 Å². The molecule has 138 valence electrons. The number of amides is 2. The second-order valence-electron chi connectivity index (χ2n) is 7.01. The molecule has 2 aliphatic heterocycles. The molecule has 3 rings (SSSR count). The standard InChI is InChI=1S/C20H31N3O2/c1-3-16-7-5-8-17(4-2)19(16)21-20(24)23-12-10-22(11-13-23)15-18-9-6-14-25-18/h5,7-8,18H,3-4,6,9-15H2,1-2H3,(H,21,24). The van der Waals surface area contributed by atoms with E-state index in [-0.39, 0.29) is 6.03 Å². The Labute approximate surface area is 151 Å². The number of ether oxygens (including phenoxy) is 1. The average molecular weight is 345 g/mol. The van der Waals surface area contributed by atoms with Crippen LogP contribution in [0.25, 0.3) is 0 Å². The van der Waals surface area contributed by atoms with Crippen molar-refractivity contribution in [1.29, 1.82) is 0 Å². The highest BCUT2D eigenvalue weighted by molar-refractivity contribution is 5.91. The fourth-order valence-electron chi connectivity index (χ4n) is 3.80. The zero-order valence-electron chi connectivity index (χ0n) is 15.6. The molecular formula is C20H31N3O2. The highest BCUT2D eigenvalue weighted by atomic mass is 16.5. The number of anilines is 1. The summed E-state index contributed by atoms with van der Waals surface area (Å²) in [7, 11) is 0. The van der Waals surface area contributed by atoms with Crippen molar-refractivity contribution in [2.45, 2.75) is 45.6 Å². The van der Waals surface area contributed by atoms with E-state index in [2.05, 4.69) is 42.3 Å². The third-order valence-electron chi connectivity index (χ3n) is 5.38. The molecule has 2 aliphatic rings. The summed E-state index contributed by atoms with van der Waals surface area (Å²) in [4.78, 5) is 17.1. The molecule has 1 atom stereocenters. The van der Waals surface area contributed by atoms with Gasteiger partial charge in [-0.3, -0.25) is 4.90 Å². The lowest BCUT2D eigenvalue weighted by atomic mass is 10.0. The number of para-hydroxylation sites is 1. The van der Waals surface area contributed by atoms with E-state index < -0.39 is 0 Å². The lowest BCUT2D eigenvalue weighted by molar-refractivity contribution is 0.0572. The molecule has 5 heteroatoms. The molecule has 1 unspecified atom stereocenters. The van der Waals surface area contributed by atoms with Crippen LogP contribution in [0, 0.1) is 0 Å². The minimum absolute atomic E-state index is 0.0346. The summed E-state index contributed by atoms with van der Waals surface area (Å²) in [5.74, 6) is 0. The van der Waals surface area contributed by atoms with Gasteiger partial charge < -0.3 is 15.0 Å². The van der Waals surface area contributed by atoms with Crippen LogP contribution in [0.3, 0.4) is 0 Å².